The van der Waals surface area contributed by atoms with Crippen molar-refractivity contribution < 1.29 is 4.74 Å². The van der Waals surface area contributed by atoms with E-state index in [0.29, 0.717) is 0 Å². The highest BCUT2D eigenvalue weighted by atomic mass is 79.9. The van der Waals surface area contributed by atoms with E-state index < -0.39 is 0 Å². The van der Waals surface area contributed by atoms with Gasteiger partial charge >= 0.3 is 0 Å². The third-order valence-corrected chi connectivity index (χ3v) is 7.51. The largest absolute Gasteiger partial charge is 0.358 e. The van der Waals surface area contributed by atoms with Gasteiger partial charge in [0.15, 0.2) is 0 Å². The standard InChI is InChI=1S/C17H18BrN3OS2/c1-11-14-15(23-16(11)18)17(24-20-14)21(13-4-2-3-9-22-13)10-12-5-7-19-8-6-12/h5-8,13H,2-4,9-10H2,1H3. The molecule has 1 unspecified atom stereocenters. The third kappa shape index (κ3) is 3.10. The van der Waals surface area contributed by atoms with E-state index in [2.05, 4.69) is 44.9 Å². The van der Waals surface area contributed by atoms with Gasteiger partial charge in [-0.1, -0.05) is 0 Å². The summed E-state index contributed by atoms with van der Waals surface area (Å²) in [6.07, 6.45) is 7.26. The molecule has 0 amide bonds. The number of aryl methyl sites for hydroxylation is 1. The normalized spacial score (nSPS) is 18.2. The van der Waals surface area contributed by atoms with Crippen molar-refractivity contribution in [2.75, 3.05) is 11.5 Å². The Bertz CT molecular complexity index is 827. The maximum absolute atomic E-state index is 6.10. The summed E-state index contributed by atoms with van der Waals surface area (Å²) in [5.74, 6) is 0. The van der Waals surface area contributed by atoms with E-state index in [1.54, 1.807) is 22.9 Å². The number of hydrogen-bond acceptors (Lipinski definition) is 6. The van der Waals surface area contributed by atoms with Crippen LogP contribution in [0.3, 0.4) is 0 Å². The number of nitrogens with zero attached hydrogens (tertiary/aromatic N) is 3. The summed E-state index contributed by atoms with van der Waals surface area (Å²) in [6.45, 7) is 3.78. The number of hydrogen-bond donors (Lipinski definition) is 0. The lowest BCUT2D eigenvalue weighted by atomic mass is 10.1. The van der Waals surface area contributed by atoms with Crippen molar-refractivity contribution >= 4 is 54.0 Å². The van der Waals surface area contributed by atoms with Gasteiger partial charge in [-0.05, 0) is 71.3 Å². The maximum atomic E-state index is 6.10. The highest BCUT2D eigenvalue weighted by molar-refractivity contribution is 9.11. The first-order valence-electron chi connectivity index (χ1n) is 8.05. The fourth-order valence-corrected chi connectivity index (χ4v) is 5.77. The summed E-state index contributed by atoms with van der Waals surface area (Å²) in [5.41, 5.74) is 3.58. The molecule has 4 heterocycles. The number of ether oxygens (including phenoxy) is 1. The van der Waals surface area contributed by atoms with Crippen LogP contribution in [0, 0.1) is 6.92 Å². The molecule has 4 rings (SSSR count). The van der Waals surface area contributed by atoms with Crippen LogP contribution < -0.4 is 4.90 Å². The summed E-state index contributed by atoms with van der Waals surface area (Å²) in [6, 6.07) is 4.15. The monoisotopic (exact) mass is 423 g/mol. The van der Waals surface area contributed by atoms with Crippen LogP contribution in [0.15, 0.2) is 28.3 Å². The molecule has 0 aliphatic carbocycles. The molecule has 1 aliphatic rings. The van der Waals surface area contributed by atoms with E-state index in [0.717, 1.165) is 31.5 Å². The Morgan fingerprint density at radius 2 is 2.17 bits per heavy atom. The summed E-state index contributed by atoms with van der Waals surface area (Å²) in [4.78, 5) is 6.51. The molecule has 4 nitrogen and oxygen atoms in total. The van der Waals surface area contributed by atoms with E-state index in [1.807, 2.05) is 12.4 Å². The third-order valence-electron chi connectivity index (χ3n) is 4.34. The van der Waals surface area contributed by atoms with E-state index >= 15 is 0 Å². The highest BCUT2D eigenvalue weighted by Crippen LogP contribution is 2.44. The number of anilines is 1. The van der Waals surface area contributed by atoms with Gasteiger partial charge in [-0.3, -0.25) is 4.98 Å². The van der Waals surface area contributed by atoms with E-state index in [9.17, 15) is 0 Å². The van der Waals surface area contributed by atoms with Crippen LogP contribution in [0.25, 0.3) is 10.2 Å². The number of aromatic nitrogens is 2. The maximum Gasteiger partial charge on any atom is 0.132 e. The number of fused-ring (bicyclic) bond motifs is 1. The van der Waals surface area contributed by atoms with Gasteiger partial charge in [-0.25, -0.2) is 0 Å². The van der Waals surface area contributed by atoms with Crippen LogP contribution in [0.4, 0.5) is 5.00 Å². The molecular weight excluding hydrogens is 406 g/mol. The molecule has 24 heavy (non-hydrogen) atoms. The van der Waals surface area contributed by atoms with Crippen LogP contribution >= 0.6 is 38.8 Å². The van der Waals surface area contributed by atoms with Crippen molar-refractivity contribution in [1.82, 2.24) is 9.36 Å². The zero-order chi connectivity index (χ0) is 16.5. The van der Waals surface area contributed by atoms with Crippen molar-refractivity contribution in [3.05, 3.63) is 39.4 Å². The second kappa shape index (κ2) is 7.07. The minimum atomic E-state index is 0.122. The van der Waals surface area contributed by atoms with E-state index in [1.165, 1.54) is 31.0 Å². The first-order chi connectivity index (χ1) is 11.7. The Hall–Kier alpha value is -1.02. The second-order valence-corrected chi connectivity index (χ2v) is 9.06. The lowest BCUT2D eigenvalue weighted by Crippen LogP contribution is -2.38. The first-order valence-corrected chi connectivity index (χ1v) is 10.4. The van der Waals surface area contributed by atoms with Crippen LogP contribution in [0.5, 0.6) is 0 Å². The van der Waals surface area contributed by atoms with Crippen LogP contribution in [-0.2, 0) is 11.3 Å². The number of thiophene rings is 1. The van der Waals surface area contributed by atoms with Crippen LogP contribution in [0.1, 0.15) is 30.4 Å². The highest BCUT2D eigenvalue weighted by Gasteiger charge is 2.27. The van der Waals surface area contributed by atoms with Gasteiger partial charge < -0.3 is 9.64 Å². The number of pyridine rings is 1. The van der Waals surface area contributed by atoms with Gasteiger partial charge in [0.2, 0.25) is 0 Å². The lowest BCUT2D eigenvalue weighted by molar-refractivity contribution is 0.0138. The van der Waals surface area contributed by atoms with E-state index in [4.69, 9.17) is 9.11 Å². The van der Waals surface area contributed by atoms with Gasteiger partial charge in [0, 0.05) is 31.1 Å². The number of halogens is 1. The fraction of sp³-hybridized carbons (Fsp3) is 0.412. The van der Waals surface area contributed by atoms with Gasteiger partial charge in [0.25, 0.3) is 0 Å². The van der Waals surface area contributed by atoms with Gasteiger partial charge in [-0.15, -0.1) is 11.3 Å². The van der Waals surface area contributed by atoms with Crippen molar-refractivity contribution in [2.24, 2.45) is 0 Å². The summed E-state index contributed by atoms with van der Waals surface area (Å²) in [5, 5.41) is 1.22. The topological polar surface area (TPSA) is 38.2 Å². The molecule has 3 aromatic heterocycles. The SMILES string of the molecule is Cc1c(Br)sc2c(N(Cc3ccncc3)C3CCCCO3)snc12. The molecule has 1 atom stereocenters. The molecule has 0 saturated carbocycles. The molecule has 0 bridgehead atoms. The van der Waals surface area contributed by atoms with Gasteiger partial charge in [0.05, 0.1) is 8.49 Å². The average Bonchev–Trinajstić information content (AvgIpc) is 3.15. The summed E-state index contributed by atoms with van der Waals surface area (Å²) < 4.78 is 13.2. The van der Waals surface area contributed by atoms with Gasteiger partial charge in [-0.2, -0.15) is 4.37 Å². The molecule has 0 radical (unpaired) electrons. The second-order valence-electron chi connectivity index (χ2n) is 5.97. The fourth-order valence-electron chi connectivity index (χ4n) is 3.00. The molecule has 7 heteroatoms. The first kappa shape index (κ1) is 16.4. The Labute approximate surface area is 157 Å². The molecule has 0 aromatic carbocycles. The van der Waals surface area contributed by atoms with E-state index in [-0.39, 0.29) is 6.23 Å². The van der Waals surface area contributed by atoms with Crippen LogP contribution in [0.2, 0.25) is 0 Å². The van der Waals surface area contributed by atoms with Crippen molar-refractivity contribution in [1.29, 1.82) is 0 Å². The smallest absolute Gasteiger partial charge is 0.132 e. The predicted octanol–water partition coefficient (Wildman–Crippen LogP) is 5.36. The average molecular weight is 424 g/mol. The lowest BCUT2D eigenvalue weighted by Gasteiger charge is -2.34. The zero-order valence-corrected chi connectivity index (χ0v) is 16.6. The molecule has 126 valence electrons. The molecule has 0 N–H and O–H groups in total. The van der Waals surface area contributed by atoms with Gasteiger partial charge in [0.1, 0.15) is 16.7 Å². The molecule has 1 fully saturated rings. The Morgan fingerprint density at radius 1 is 1.33 bits per heavy atom. The Balaban J connectivity index is 1.74. The van der Waals surface area contributed by atoms with Crippen molar-refractivity contribution in [2.45, 2.75) is 39.0 Å². The minimum Gasteiger partial charge on any atom is -0.358 e. The number of rotatable bonds is 4. The van der Waals surface area contributed by atoms with Crippen molar-refractivity contribution in [3.63, 3.8) is 0 Å². The summed E-state index contributed by atoms with van der Waals surface area (Å²) in [7, 11) is 0. The predicted molar refractivity (Wildman–Crippen MR) is 104 cm³/mol. The Kier molecular flexibility index (Phi) is 4.85. The molecule has 1 saturated heterocycles. The van der Waals surface area contributed by atoms with Crippen LogP contribution in [-0.4, -0.2) is 22.2 Å². The molecule has 1 aliphatic heterocycles. The quantitative estimate of drug-likeness (QED) is 0.566. The molecule has 3 aromatic rings. The minimum absolute atomic E-state index is 0.122. The Morgan fingerprint density at radius 3 is 2.92 bits per heavy atom. The van der Waals surface area contributed by atoms with Crippen molar-refractivity contribution in [3.8, 4) is 0 Å². The molecular formula is C17H18BrN3OS2. The zero-order valence-electron chi connectivity index (χ0n) is 13.4. The summed E-state index contributed by atoms with van der Waals surface area (Å²) >= 11 is 7.01. The molecule has 0 spiro atoms.